The summed E-state index contributed by atoms with van der Waals surface area (Å²) < 4.78 is 7.01. The minimum absolute atomic E-state index is 0.0711. The molecule has 1 amide bonds. The molecule has 0 bridgehead atoms. The Bertz CT molecular complexity index is 1590. The lowest BCUT2D eigenvalue weighted by atomic mass is 9.96. The Morgan fingerprint density at radius 3 is 2.58 bits per heavy atom. The summed E-state index contributed by atoms with van der Waals surface area (Å²) in [5.41, 5.74) is 5.90. The number of rotatable bonds is 7. The quantitative estimate of drug-likeness (QED) is 0.214. The highest BCUT2D eigenvalue weighted by Crippen LogP contribution is 2.45. The lowest BCUT2D eigenvalue weighted by Gasteiger charge is -2.28. The molecule has 1 saturated heterocycles. The Kier molecular flexibility index (Phi) is 8.35. The highest BCUT2D eigenvalue weighted by molar-refractivity contribution is 7.80. The SMILES string of the molecule is COCC(=O)Nc1ccc(N2C(=S)NC(c3ccccn3)C2c2cc(C)n(-c3cccc(Cl)c3Cl)c2C)cc1Cl. The molecule has 1 aliphatic heterocycles. The molecule has 1 aliphatic rings. The van der Waals surface area contributed by atoms with Gasteiger partial charge in [-0.05, 0) is 80.2 Å². The van der Waals surface area contributed by atoms with Crippen LogP contribution in [-0.2, 0) is 9.53 Å². The fraction of sp³-hybridized carbons (Fsp3) is 0.207. The number of aryl methyl sites for hydroxylation is 1. The van der Waals surface area contributed by atoms with Gasteiger partial charge in [0.25, 0.3) is 0 Å². The van der Waals surface area contributed by atoms with E-state index in [1.54, 1.807) is 24.4 Å². The molecular formula is C29H26Cl3N5O2S. The van der Waals surface area contributed by atoms with E-state index in [9.17, 15) is 4.79 Å². The van der Waals surface area contributed by atoms with E-state index in [0.29, 0.717) is 25.9 Å². The Hall–Kier alpha value is -3.14. The second-order valence-electron chi connectivity index (χ2n) is 9.38. The number of aromatic nitrogens is 2. The molecule has 0 spiro atoms. The van der Waals surface area contributed by atoms with Crippen molar-refractivity contribution >= 4 is 69.4 Å². The van der Waals surface area contributed by atoms with Crippen molar-refractivity contribution in [3.63, 3.8) is 0 Å². The lowest BCUT2D eigenvalue weighted by molar-refractivity contribution is -0.119. The van der Waals surface area contributed by atoms with Crippen LogP contribution >= 0.6 is 47.0 Å². The zero-order chi connectivity index (χ0) is 28.6. The molecule has 1 fully saturated rings. The van der Waals surface area contributed by atoms with E-state index < -0.39 is 0 Å². The van der Waals surface area contributed by atoms with E-state index in [0.717, 1.165) is 34.0 Å². The molecular weight excluding hydrogens is 589 g/mol. The number of carbonyl (C=O) groups is 1. The summed E-state index contributed by atoms with van der Waals surface area (Å²) in [6.07, 6.45) is 1.77. The lowest BCUT2D eigenvalue weighted by Crippen LogP contribution is -2.29. The van der Waals surface area contributed by atoms with Gasteiger partial charge in [-0.3, -0.25) is 9.78 Å². The molecule has 2 unspecified atom stereocenters. The number of methoxy groups -OCH3 is 1. The number of pyridine rings is 1. The Labute approximate surface area is 253 Å². The van der Waals surface area contributed by atoms with Crippen molar-refractivity contribution in [3.05, 3.63) is 105 Å². The normalized spacial score (nSPS) is 16.8. The number of nitrogens with one attached hydrogen (secondary N) is 2. The van der Waals surface area contributed by atoms with E-state index >= 15 is 0 Å². The third-order valence-corrected chi connectivity index (χ3v) is 8.28. The number of hydrogen-bond acceptors (Lipinski definition) is 4. The molecule has 0 saturated carbocycles. The zero-order valence-electron chi connectivity index (χ0n) is 21.9. The van der Waals surface area contributed by atoms with E-state index in [1.807, 2.05) is 48.2 Å². The molecule has 40 heavy (non-hydrogen) atoms. The Balaban J connectivity index is 1.63. The molecule has 206 valence electrons. The summed E-state index contributed by atoms with van der Waals surface area (Å²) in [5.74, 6) is -0.296. The standard InChI is InChI=1S/C29H26Cl3N5O2S/c1-16-13-19(17(2)36(16)24-9-6-7-20(30)26(24)32)28-27(23-8-4-5-12-33-23)35-29(40)37(28)18-10-11-22(21(31)14-18)34-25(38)15-39-3/h4-14,27-28H,15H2,1-3H3,(H,34,38)(H,35,40). The van der Waals surface area contributed by atoms with Crippen molar-refractivity contribution in [1.29, 1.82) is 0 Å². The average Bonchev–Trinajstić information content (AvgIpc) is 3.42. The van der Waals surface area contributed by atoms with Crippen molar-refractivity contribution in [1.82, 2.24) is 14.9 Å². The van der Waals surface area contributed by atoms with E-state index in [2.05, 4.69) is 33.2 Å². The van der Waals surface area contributed by atoms with Crippen LogP contribution in [0, 0.1) is 13.8 Å². The topological polar surface area (TPSA) is 71.4 Å². The van der Waals surface area contributed by atoms with Gasteiger partial charge in [0.05, 0.1) is 44.2 Å². The number of carbonyl (C=O) groups excluding carboxylic acids is 1. The number of benzene rings is 2. The summed E-state index contributed by atoms with van der Waals surface area (Å²) >= 11 is 25.5. The van der Waals surface area contributed by atoms with Crippen LogP contribution in [-0.4, -0.2) is 34.3 Å². The van der Waals surface area contributed by atoms with Gasteiger partial charge in [-0.25, -0.2) is 0 Å². The summed E-state index contributed by atoms with van der Waals surface area (Å²) in [5, 5.41) is 8.11. The first kappa shape index (κ1) is 28.4. The molecule has 5 rings (SSSR count). The first-order valence-electron chi connectivity index (χ1n) is 12.4. The highest BCUT2D eigenvalue weighted by atomic mass is 35.5. The van der Waals surface area contributed by atoms with Crippen molar-refractivity contribution in [3.8, 4) is 5.69 Å². The number of hydrogen-bond donors (Lipinski definition) is 2. The number of halogens is 3. The molecule has 11 heteroatoms. The largest absolute Gasteiger partial charge is 0.375 e. The first-order valence-corrected chi connectivity index (χ1v) is 14.0. The van der Waals surface area contributed by atoms with Gasteiger partial charge < -0.3 is 24.8 Å². The predicted octanol–water partition coefficient (Wildman–Crippen LogP) is 7.21. The molecule has 0 aliphatic carbocycles. The summed E-state index contributed by atoms with van der Waals surface area (Å²) in [6, 6.07) is 18.4. The van der Waals surface area contributed by atoms with Crippen LogP contribution < -0.4 is 15.5 Å². The summed E-state index contributed by atoms with van der Waals surface area (Å²) in [7, 11) is 1.46. The monoisotopic (exact) mass is 613 g/mol. The molecule has 0 radical (unpaired) electrons. The minimum Gasteiger partial charge on any atom is -0.375 e. The first-order chi connectivity index (χ1) is 19.2. The smallest absolute Gasteiger partial charge is 0.250 e. The number of nitrogens with zero attached hydrogens (tertiary/aromatic N) is 3. The maximum absolute atomic E-state index is 12.1. The van der Waals surface area contributed by atoms with Crippen LogP contribution in [0.2, 0.25) is 15.1 Å². The van der Waals surface area contributed by atoms with Gasteiger partial charge in [0.15, 0.2) is 5.11 Å². The molecule has 2 atom stereocenters. The fourth-order valence-corrected chi connectivity index (χ4v) is 6.09. The van der Waals surface area contributed by atoms with E-state index in [4.69, 9.17) is 51.8 Å². The van der Waals surface area contributed by atoms with Gasteiger partial charge in [-0.15, -0.1) is 0 Å². The number of anilines is 2. The van der Waals surface area contributed by atoms with Gasteiger partial charge in [0.2, 0.25) is 5.91 Å². The van der Waals surface area contributed by atoms with Gasteiger partial charge >= 0.3 is 0 Å². The maximum atomic E-state index is 12.1. The van der Waals surface area contributed by atoms with E-state index in [-0.39, 0.29) is 24.6 Å². The van der Waals surface area contributed by atoms with Crippen molar-refractivity contribution in [2.45, 2.75) is 25.9 Å². The third-order valence-electron chi connectivity index (χ3n) is 6.84. The number of thiocarbonyl (C=S) groups is 1. The van der Waals surface area contributed by atoms with Crippen LogP contribution in [0.3, 0.4) is 0 Å². The average molecular weight is 615 g/mol. The van der Waals surface area contributed by atoms with Gasteiger partial charge in [0, 0.05) is 30.4 Å². The van der Waals surface area contributed by atoms with Crippen LogP contribution in [0.1, 0.15) is 34.7 Å². The Morgan fingerprint density at radius 1 is 1.07 bits per heavy atom. The Morgan fingerprint density at radius 2 is 1.88 bits per heavy atom. The molecule has 2 aromatic carbocycles. The van der Waals surface area contributed by atoms with Crippen molar-refractivity contribution in [2.24, 2.45) is 0 Å². The van der Waals surface area contributed by atoms with Crippen molar-refractivity contribution < 1.29 is 9.53 Å². The third kappa shape index (κ3) is 5.30. The summed E-state index contributed by atoms with van der Waals surface area (Å²) in [6.45, 7) is 4.01. The molecule has 4 aromatic rings. The number of amides is 1. The number of ether oxygens (including phenoxy) is 1. The molecule has 2 N–H and O–H groups in total. The van der Waals surface area contributed by atoms with Crippen LogP contribution in [0.5, 0.6) is 0 Å². The van der Waals surface area contributed by atoms with Crippen molar-refractivity contribution in [2.75, 3.05) is 23.9 Å². The van der Waals surface area contributed by atoms with E-state index in [1.165, 1.54) is 7.11 Å². The van der Waals surface area contributed by atoms with Crippen LogP contribution in [0.15, 0.2) is 66.9 Å². The highest BCUT2D eigenvalue weighted by Gasteiger charge is 2.42. The second kappa shape index (κ2) is 11.8. The molecule has 2 aromatic heterocycles. The van der Waals surface area contributed by atoms with Gasteiger partial charge in [0.1, 0.15) is 6.61 Å². The minimum atomic E-state index is -0.296. The fourth-order valence-electron chi connectivity index (χ4n) is 5.14. The zero-order valence-corrected chi connectivity index (χ0v) is 25.0. The van der Waals surface area contributed by atoms with Crippen LogP contribution in [0.4, 0.5) is 11.4 Å². The molecule has 3 heterocycles. The predicted molar refractivity (Wildman–Crippen MR) is 165 cm³/mol. The maximum Gasteiger partial charge on any atom is 0.250 e. The van der Waals surface area contributed by atoms with Crippen LogP contribution in [0.25, 0.3) is 5.69 Å². The van der Waals surface area contributed by atoms with Gasteiger partial charge in [-0.1, -0.05) is 46.9 Å². The second-order valence-corrected chi connectivity index (χ2v) is 11.0. The van der Waals surface area contributed by atoms with Gasteiger partial charge in [-0.2, -0.15) is 0 Å². The molecule has 7 nitrogen and oxygen atoms in total. The summed E-state index contributed by atoms with van der Waals surface area (Å²) in [4.78, 5) is 18.7.